The van der Waals surface area contributed by atoms with E-state index in [1.54, 1.807) is 6.20 Å². The third kappa shape index (κ3) is 2.97. The number of aromatic nitrogens is 6. The summed E-state index contributed by atoms with van der Waals surface area (Å²) in [7, 11) is 0. The molecule has 1 aliphatic carbocycles. The van der Waals surface area contributed by atoms with Gasteiger partial charge in [-0.1, -0.05) is 17.4 Å². The van der Waals surface area contributed by atoms with Crippen LogP contribution in [-0.4, -0.2) is 29.7 Å². The Labute approximate surface area is 188 Å². The largest absolute Gasteiger partial charge is 0.383 e. The van der Waals surface area contributed by atoms with Gasteiger partial charge in [-0.15, -0.1) is 10.2 Å². The molecule has 1 aromatic carbocycles. The molecular formula is C23H20N8S. The lowest BCUT2D eigenvalue weighted by molar-refractivity contribution is 0.713. The lowest BCUT2D eigenvalue weighted by Crippen LogP contribution is -2.06. The van der Waals surface area contributed by atoms with Crippen molar-refractivity contribution >= 4 is 28.3 Å². The zero-order chi connectivity index (χ0) is 21.8. The van der Waals surface area contributed by atoms with Gasteiger partial charge in [0, 0.05) is 17.9 Å². The van der Waals surface area contributed by atoms with Gasteiger partial charge in [0.15, 0.2) is 16.5 Å². The van der Waals surface area contributed by atoms with Gasteiger partial charge in [-0.2, -0.15) is 0 Å². The van der Waals surface area contributed by atoms with Crippen molar-refractivity contribution in [3.8, 4) is 27.8 Å². The van der Waals surface area contributed by atoms with Gasteiger partial charge in [-0.25, -0.2) is 15.0 Å². The summed E-state index contributed by atoms with van der Waals surface area (Å²) >= 11 is 1.51. The molecule has 1 aliphatic rings. The fourth-order valence-corrected chi connectivity index (χ4v) is 4.95. The lowest BCUT2D eigenvalue weighted by Gasteiger charge is -2.12. The molecule has 0 fully saturated rings. The predicted molar refractivity (Wildman–Crippen MR) is 125 cm³/mol. The number of aryl methyl sites for hydroxylation is 2. The number of hydrogen-bond acceptors (Lipinski definition) is 8. The van der Waals surface area contributed by atoms with Gasteiger partial charge in [0.25, 0.3) is 0 Å². The first-order valence-corrected chi connectivity index (χ1v) is 11.2. The number of nitrogen functional groups attached to an aromatic ring is 1. The molecule has 4 heterocycles. The van der Waals surface area contributed by atoms with Crippen molar-refractivity contribution in [3.63, 3.8) is 0 Å². The highest BCUT2D eigenvalue weighted by atomic mass is 32.1. The van der Waals surface area contributed by atoms with Crippen LogP contribution in [0.25, 0.3) is 38.9 Å². The summed E-state index contributed by atoms with van der Waals surface area (Å²) in [6.07, 6.45) is 3.60. The van der Waals surface area contributed by atoms with Crippen molar-refractivity contribution in [1.82, 2.24) is 29.7 Å². The molecule has 4 aromatic heterocycles. The molecule has 0 unspecified atom stereocenters. The molecule has 4 N–H and O–H groups in total. The Balaban J connectivity index is 1.63. The summed E-state index contributed by atoms with van der Waals surface area (Å²) in [6.45, 7) is 1.93. The topological polar surface area (TPSA) is 121 Å². The van der Waals surface area contributed by atoms with Crippen LogP contribution in [0.4, 0.5) is 5.82 Å². The van der Waals surface area contributed by atoms with Crippen LogP contribution in [0.5, 0.6) is 0 Å². The second kappa shape index (κ2) is 7.18. The van der Waals surface area contributed by atoms with E-state index in [0.29, 0.717) is 11.6 Å². The Morgan fingerprint density at radius 1 is 1.09 bits per heavy atom. The fraction of sp³-hybridized carbons (Fsp3) is 0.174. The number of nitrogens with two attached hydrogens (primary N) is 2. The van der Waals surface area contributed by atoms with Crippen LogP contribution in [0.2, 0.25) is 0 Å². The second-order valence-electron chi connectivity index (χ2n) is 7.90. The number of nitrogens with zero attached hydrogens (tertiary/aromatic N) is 6. The predicted octanol–water partition coefficient (Wildman–Crippen LogP) is 3.84. The average Bonchev–Trinajstić information content (AvgIpc) is 3.50. The van der Waals surface area contributed by atoms with Crippen molar-refractivity contribution in [3.05, 3.63) is 64.8 Å². The fourth-order valence-electron chi connectivity index (χ4n) is 4.28. The number of rotatable bonds is 3. The van der Waals surface area contributed by atoms with E-state index in [-0.39, 0.29) is 6.04 Å². The molecule has 6 rings (SSSR count). The Bertz CT molecular complexity index is 1480. The first-order chi connectivity index (χ1) is 15.6. The Kier molecular flexibility index (Phi) is 4.27. The Hall–Kier alpha value is -3.69. The van der Waals surface area contributed by atoms with Crippen LogP contribution in [-0.2, 0) is 6.42 Å². The Morgan fingerprint density at radius 3 is 2.81 bits per heavy atom. The third-order valence-corrected chi connectivity index (χ3v) is 6.70. The van der Waals surface area contributed by atoms with E-state index in [0.717, 1.165) is 51.0 Å². The molecule has 0 saturated heterocycles. The normalized spacial score (nSPS) is 15.4. The van der Waals surface area contributed by atoms with Crippen LogP contribution in [0, 0.1) is 6.92 Å². The van der Waals surface area contributed by atoms with Gasteiger partial charge in [0.1, 0.15) is 22.0 Å². The van der Waals surface area contributed by atoms with E-state index in [2.05, 4.69) is 33.4 Å². The number of pyridine rings is 2. The first kappa shape index (κ1) is 19.0. The summed E-state index contributed by atoms with van der Waals surface area (Å²) in [6, 6.07) is 14.1. The number of benzene rings is 1. The molecule has 8 nitrogen and oxygen atoms in total. The van der Waals surface area contributed by atoms with Crippen molar-refractivity contribution in [1.29, 1.82) is 0 Å². The van der Waals surface area contributed by atoms with E-state index < -0.39 is 0 Å². The monoisotopic (exact) mass is 440 g/mol. The molecule has 0 spiro atoms. The van der Waals surface area contributed by atoms with E-state index in [9.17, 15) is 0 Å². The number of anilines is 1. The summed E-state index contributed by atoms with van der Waals surface area (Å²) in [5, 5.41) is 10.1. The number of imidazole rings is 1. The third-order valence-electron chi connectivity index (χ3n) is 5.84. The van der Waals surface area contributed by atoms with Gasteiger partial charge < -0.3 is 11.5 Å². The smallest absolute Gasteiger partial charge is 0.166 e. The van der Waals surface area contributed by atoms with Gasteiger partial charge >= 0.3 is 0 Å². The quantitative estimate of drug-likeness (QED) is 0.437. The molecule has 1 atom stereocenters. The summed E-state index contributed by atoms with van der Waals surface area (Å²) in [4.78, 5) is 14.1. The minimum absolute atomic E-state index is 0.0948. The summed E-state index contributed by atoms with van der Waals surface area (Å²) in [5.41, 5.74) is 19.0. The molecule has 0 amide bonds. The molecule has 0 saturated carbocycles. The summed E-state index contributed by atoms with van der Waals surface area (Å²) in [5.74, 6) is 1.12. The van der Waals surface area contributed by atoms with Crippen LogP contribution in [0.1, 0.15) is 28.6 Å². The van der Waals surface area contributed by atoms with Gasteiger partial charge in [-0.05, 0) is 67.3 Å². The van der Waals surface area contributed by atoms with E-state index in [4.69, 9.17) is 21.4 Å². The van der Waals surface area contributed by atoms with Gasteiger partial charge in [0.2, 0.25) is 0 Å². The van der Waals surface area contributed by atoms with Gasteiger partial charge in [-0.3, -0.25) is 4.57 Å². The van der Waals surface area contributed by atoms with Crippen molar-refractivity contribution < 1.29 is 0 Å². The molecule has 32 heavy (non-hydrogen) atoms. The van der Waals surface area contributed by atoms with Crippen LogP contribution in [0.3, 0.4) is 0 Å². The molecule has 0 bridgehead atoms. The molecule has 9 heteroatoms. The average molecular weight is 441 g/mol. The molecule has 0 radical (unpaired) electrons. The highest BCUT2D eigenvalue weighted by Gasteiger charge is 2.23. The molecular weight excluding hydrogens is 420 g/mol. The summed E-state index contributed by atoms with van der Waals surface area (Å²) < 4.78 is 2.05. The first-order valence-electron chi connectivity index (χ1n) is 10.4. The van der Waals surface area contributed by atoms with Gasteiger partial charge in [0.05, 0.1) is 5.56 Å². The minimum atomic E-state index is 0.0948. The van der Waals surface area contributed by atoms with Crippen LogP contribution >= 0.6 is 11.3 Å². The molecule has 0 aliphatic heterocycles. The highest BCUT2D eigenvalue weighted by molar-refractivity contribution is 7.14. The standard InChI is InChI=1S/C23H20N8S/c1-12-29-30-23(32-12)19-9-8-18-22(28-19)31(21(27-18)16-3-2-10-26-20(16)25)14-5-6-15-13(11-14)4-7-17(15)24/h2-3,5-6,8-11,17H,4,7,24H2,1H3,(H2,25,26)/t17-/m0/s1. The van der Waals surface area contributed by atoms with E-state index in [1.165, 1.54) is 22.5 Å². The Morgan fingerprint density at radius 2 is 2.00 bits per heavy atom. The zero-order valence-corrected chi connectivity index (χ0v) is 18.2. The molecule has 158 valence electrons. The maximum atomic E-state index is 6.26. The van der Waals surface area contributed by atoms with E-state index >= 15 is 0 Å². The number of hydrogen-bond donors (Lipinski definition) is 2. The SMILES string of the molecule is Cc1nnc(-c2ccc3nc(-c4cccnc4N)n(-c4ccc5c(c4)CC[C@@H]5N)c3n2)s1. The van der Waals surface area contributed by atoms with Crippen molar-refractivity contribution in [2.24, 2.45) is 5.73 Å². The second-order valence-corrected chi connectivity index (χ2v) is 9.08. The number of fused-ring (bicyclic) bond motifs is 2. The van der Waals surface area contributed by atoms with Crippen LogP contribution < -0.4 is 11.5 Å². The lowest BCUT2D eigenvalue weighted by atomic mass is 10.1. The molecule has 5 aromatic rings. The van der Waals surface area contributed by atoms with E-state index in [1.807, 2.05) is 35.8 Å². The highest BCUT2D eigenvalue weighted by Crippen LogP contribution is 2.35. The zero-order valence-electron chi connectivity index (χ0n) is 17.4. The van der Waals surface area contributed by atoms with Crippen molar-refractivity contribution in [2.45, 2.75) is 25.8 Å². The maximum absolute atomic E-state index is 6.26. The van der Waals surface area contributed by atoms with Crippen LogP contribution in [0.15, 0.2) is 48.7 Å². The maximum Gasteiger partial charge on any atom is 0.166 e. The van der Waals surface area contributed by atoms with Crippen molar-refractivity contribution in [2.75, 3.05) is 5.73 Å². The minimum Gasteiger partial charge on any atom is -0.383 e.